The molecule has 0 spiro atoms. The van der Waals surface area contributed by atoms with Crippen LogP contribution in [0.2, 0.25) is 0 Å². The fraction of sp³-hybridized carbons (Fsp3) is 0.571. The smallest absolute Gasteiger partial charge is 0.330 e. The van der Waals surface area contributed by atoms with Gasteiger partial charge in [0.2, 0.25) is 0 Å². The topological polar surface area (TPSA) is 83.7 Å². The molecule has 4 amide bonds. The molecule has 0 radical (unpaired) electrons. The first-order valence-electron chi connectivity index (χ1n) is 3.93. The predicted octanol–water partition coefficient (Wildman–Crippen LogP) is -1.24. The van der Waals surface area contributed by atoms with E-state index in [1.54, 1.807) is 0 Å². The maximum Gasteiger partial charge on any atom is 0.333 e. The molecule has 1 heterocycles. The van der Waals surface area contributed by atoms with Crippen molar-refractivity contribution in [1.82, 2.24) is 9.80 Å². The number of hydrogen-bond donors (Lipinski definition) is 1. The average Bonchev–Trinajstić information content (AvgIpc) is 2.30. The second-order valence-electron chi connectivity index (χ2n) is 2.75. The normalized spacial score (nSPS) is 17.5. The zero-order valence-corrected chi connectivity index (χ0v) is 7.32. The molecule has 0 aromatic carbocycles. The summed E-state index contributed by atoms with van der Waals surface area (Å²) in [5.74, 6) is -1.54. The van der Waals surface area contributed by atoms with Gasteiger partial charge in [0.25, 0.3) is 0 Å². The summed E-state index contributed by atoms with van der Waals surface area (Å²) in [4.78, 5) is 35.0. The number of nitrogens with zero attached hydrogens (tertiary/aromatic N) is 2. The van der Waals surface area contributed by atoms with Crippen molar-refractivity contribution in [3.8, 4) is 0 Å². The van der Waals surface area contributed by atoms with E-state index in [1.807, 2.05) is 0 Å². The molecule has 0 aromatic rings. The van der Waals surface area contributed by atoms with Crippen molar-refractivity contribution in [1.29, 1.82) is 0 Å². The first-order valence-corrected chi connectivity index (χ1v) is 3.93. The molecule has 0 unspecified atom stereocenters. The largest absolute Gasteiger partial charge is 0.333 e. The predicted molar refractivity (Wildman–Crippen MR) is 43.6 cm³/mol. The Balaban J connectivity index is 2.70. The summed E-state index contributed by atoms with van der Waals surface area (Å²) >= 11 is 0. The summed E-state index contributed by atoms with van der Waals surface area (Å²) < 4.78 is 0. The summed E-state index contributed by atoms with van der Waals surface area (Å²) in [7, 11) is 1.28. The fourth-order valence-electron chi connectivity index (χ4n) is 1.06. The number of carbonyl (C=O) groups excluding carboxylic acids is 3. The fourth-order valence-corrected chi connectivity index (χ4v) is 1.06. The molecule has 0 atom stereocenters. The van der Waals surface area contributed by atoms with Crippen LogP contribution in [0.4, 0.5) is 4.79 Å². The van der Waals surface area contributed by atoms with Gasteiger partial charge in [-0.1, -0.05) is 0 Å². The minimum Gasteiger partial charge on any atom is -0.330 e. The van der Waals surface area contributed by atoms with E-state index in [1.165, 1.54) is 7.05 Å². The van der Waals surface area contributed by atoms with Crippen LogP contribution in [0, 0.1) is 0 Å². The summed E-state index contributed by atoms with van der Waals surface area (Å²) in [5, 5.41) is 0. The molecule has 72 valence electrons. The second-order valence-corrected chi connectivity index (χ2v) is 2.75. The van der Waals surface area contributed by atoms with Crippen molar-refractivity contribution in [2.45, 2.75) is 6.42 Å². The lowest BCUT2D eigenvalue weighted by Crippen LogP contribution is -2.33. The minimum atomic E-state index is -0.776. The van der Waals surface area contributed by atoms with E-state index in [-0.39, 0.29) is 6.54 Å². The molecule has 2 N–H and O–H groups in total. The zero-order valence-electron chi connectivity index (χ0n) is 7.32. The van der Waals surface area contributed by atoms with E-state index in [4.69, 9.17) is 5.73 Å². The zero-order chi connectivity index (χ0) is 10.0. The number of imide groups is 2. The molecular formula is C7H11N3O3. The van der Waals surface area contributed by atoms with Crippen LogP contribution in [0.1, 0.15) is 6.42 Å². The van der Waals surface area contributed by atoms with Gasteiger partial charge in [-0.25, -0.2) is 4.79 Å². The van der Waals surface area contributed by atoms with Gasteiger partial charge in [0.1, 0.15) is 0 Å². The highest BCUT2D eigenvalue weighted by Crippen LogP contribution is 2.09. The summed E-state index contributed by atoms with van der Waals surface area (Å²) in [6.45, 7) is 0.596. The third-order valence-electron chi connectivity index (χ3n) is 1.84. The summed E-state index contributed by atoms with van der Waals surface area (Å²) in [6.07, 6.45) is 0.512. The Bertz CT molecular complexity index is 264. The molecule has 1 rings (SSSR count). The molecule has 1 aliphatic heterocycles. The van der Waals surface area contributed by atoms with Crippen LogP contribution in [0.15, 0.2) is 0 Å². The molecule has 0 saturated carbocycles. The molecular weight excluding hydrogens is 174 g/mol. The number of rotatable bonds is 3. The molecule has 13 heavy (non-hydrogen) atoms. The summed E-state index contributed by atoms with van der Waals surface area (Å²) in [6, 6.07) is -0.566. The first-order chi connectivity index (χ1) is 6.09. The number of carbonyl (C=O) groups is 3. The van der Waals surface area contributed by atoms with Gasteiger partial charge in [0.05, 0.1) is 0 Å². The first kappa shape index (κ1) is 9.66. The van der Waals surface area contributed by atoms with Crippen LogP contribution in [0.3, 0.4) is 0 Å². The van der Waals surface area contributed by atoms with E-state index >= 15 is 0 Å². The second kappa shape index (κ2) is 3.53. The van der Waals surface area contributed by atoms with Gasteiger partial charge < -0.3 is 5.73 Å². The van der Waals surface area contributed by atoms with Gasteiger partial charge in [-0.05, 0) is 13.0 Å². The van der Waals surface area contributed by atoms with Crippen LogP contribution < -0.4 is 5.73 Å². The Kier molecular flexibility index (Phi) is 2.62. The van der Waals surface area contributed by atoms with Crippen molar-refractivity contribution in [2.24, 2.45) is 5.73 Å². The average molecular weight is 185 g/mol. The number of likely N-dealkylation sites (N-methyl/N-ethyl adjacent to an activating group) is 1. The monoisotopic (exact) mass is 185 g/mol. The van der Waals surface area contributed by atoms with Crippen LogP contribution in [0.25, 0.3) is 0 Å². The van der Waals surface area contributed by atoms with E-state index in [0.29, 0.717) is 13.0 Å². The highest BCUT2D eigenvalue weighted by atomic mass is 16.2. The SMILES string of the molecule is CN1C(=O)C(=O)N(CCCN)C1=O. The maximum absolute atomic E-state index is 11.2. The van der Waals surface area contributed by atoms with Gasteiger partial charge >= 0.3 is 17.8 Å². The number of amides is 4. The van der Waals surface area contributed by atoms with E-state index < -0.39 is 17.8 Å². The molecule has 1 aliphatic rings. The van der Waals surface area contributed by atoms with Crippen LogP contribution in [0.5, 0.6) is 0 Å². The van der Waals surface area contributed by atoms with Crippen molar-refractivity contribution in [2.75, 3.05) is 20.1 Å². The van der Waals surface area contributed by atoms with Gasteiger partial charge in [-0.3, -0.25) is 19.4 Å². The van der Waals surface area contributed by atoms with Crippen molar-refractivity contribution in [3.63, 3.8) is 0 Å². The Labute approximate surface area is 75.3 Å². The molecule has 0 aromatic heterocycles. The quantitative estimate of drug-likeness (QED) is 0.440. The lowest BCUT2D eigenvalue weighted by atomic mass is 10.4. The summed E-state index contributed by atoms with van der Waals surface area (Å²) in [5.41, 5.74) is 5.22. The number of urea groups is 1. The lowest BCUT2D eigenvalue weighted by Gasteiger charge is -2.11. The number of hydrogen-bond acceptors (Lipinski definition) is 4. The molecule has 0 bridgehead atoms. The maximum atomic E-state index is 11.2. The third kappa shape index (κ3) is 1.52. The minimum absolute atomic E-state index is 0.213. The van der Waals surface area contributed by atoms with E-state index in [2.05, 4.69) is 0 Å². The van der Waals surface area contributed by atoms with Crippen molar-refractivity contribution >= 4 is 17.8 Å². The Morgan fingerprint density at radius 3 is 2.23 bits per heavy atom. The van der Waals surface area contributed by atoms with Gasteiger partial charge in [-0.15, -0.1) is 0 Å². The van der Waals surface area contributed by atoms with E-state index in [9.17, 15) is 14.4 Å². The van der Waals surface area contributed by atoms with Crippen LogP contribution >= 0.6 is 0 Å². The molecule has 1 saturated heterocycles. The van der Waals surface area contributed by atoms with Gasteiger partial charge in [0.15, 0.2) is 0 Å². The lowest BCUT2D eigenvalue weighted by molar-refractivity contribution is -0.142. The Hall–Kier alpha value is -1.43. The van der Waals surface area contributed by atoms with Crippen LogP contribution in [-0.2, 0) is 9.59 Å². The van der Waals surface area contributed by atoms with Gasteiger partial charge in [-0.2, -0.15) is 0 Å². The van der Waals surface area contributed by atoms with Crippen molar-refractivity contribution < 1.29 is 14.4 Å². The highest BCUT2D eigenvalue weighted by molar-refractivity contribution is 6.44. The van der Waals surface area contributed by atoms with E-state index in [0.717, 1.165) is 9.80 Å². The third-order valence-corrected chi connectivity index (χ3v) is 1.84. The van der Waals surface area contributed by atoms with Crippen LogP contribution in [-0.4, -0.2) is 47.8 Å². The Morgan fingerprint density at radius 2 is 1.85 bits per heavy atom. The standard InChI is InChI=1S/C7H11N3O3/c1-9-5(11)6(12)10(7(9)13)4-2-3-8/h2-4,8H2,1H3. The number of nitrogens with two attached hydrogens (primary N) is 1. The molecule has 6 nitrogen and oxygen atoms in total. The van der Waals surface area contributed by atoms with Crippen molar-refractivity contribution in [3.05, 3.63) is 0 Å². The molecule has 1 fully saturated rings. The van der Waals surface area contributed by atoms with Gasteiger partial charge in [0, 0.05) is 13.6 Å². The molecule has 6 heteroatoms. The molecule has 0 aliphatic carbocycles. The Morgan fingerprint density at radius 1 is 1.23 bits per heavy atom. The highest BCUT2D eigenvalue weighted by Gasteiger charge is 2.41.